The topological polar surface area (TPSA) is 57.6 Å². The summed E-state index contributed by atoms with van der Waals surface area (Å²) in [7, 11) is -3.33. The summed E-state index contributed by atoms with van der Waals surface area (Å²) in [4.78, 5) is 0. The molecule has 72 valence electrons. The monoisotopic (exact) mass is 213 g/mol. The number of halogens is 1. The van der Waals surface area contributed by atoms with Crippen LogP contribution < -0.4 is 0 Å². The maximum Gasteiger partial charge on any atom is 0.228 e. The lowest BCUT2D eigenvalue weighted by Gasteiger charge is -2.17. The van der Waals surface area contributed by atoms with Crippen molar-refractivity contribution in [3.05, 3.63) is 0 Å². The third kappa shape index (κ3) is 2.10. The Kier molecular flexibility index (Phi) is 2.68. The van der Waals surface area contributed by atoms with Crippen LogP contribution in [0.2, 0.25) is 0 Å². The first-order chi connectivity index (χ1) is 5.37. The van der Waals surface area contributed by atoms with Crippen molar-refractivity contribution < 1.29 is 13.5 Å². The van der Waals surface area contributed by atoms with Crippen molar-refractivity contribution in [3.63, 3.8) is 0 Å². The van der Waals surface area contributed by atoms with Gasteiger partial charge >= 0.3 is 0 Å². The van der Waals surface area contributed by atoms with Crippen molar-refractivity contribution in [2.45, 2.75) is 18.9 Å². The number of β-amino-alcohol motifs (C(OH)–C–C–N with tert-alkyl or cyclic N) is 1. The molecule has 1 rings (SSSR count). The van der Waals surface area contributed by atoms with E-state index < -0.39 is 20.8 Å². The predicted molar refractivity (Wildman–Crippen MR) is 46.5 cm³/mol. The Morgan fingerprint density at radius 1 is 1.67 bits per heavy atom. The first-order valence-corrected chi connectivity index (χ1v) is 5.78. The van der Waals surface area contributed by atoms with Crippen molar-refractivity contribution in [1.29, 1.82) is 0 Å². The molecule has 0 aromatic rings. The SMILES string of the molecule is CC1(O)CCN(S(=O)(=O)CCl)C1. The molecule has 1 aliphatic heterocycles. The van der Waals surface area contributed by atoms with Gasteiger partial charge < -0.3 is 5.11 Å². The minimum absolute atomic E-state index is 0.155. The molecule has 0 aromatic heterocycles. The van der Waals surface area contributed by atoms with Crippen LogP contribution in [0.1, 0.15) is 13.3 Å². The lowest BCUT2D eigenvalue weighted by molar-refractivity contribution is 0.0763. The molecule has 1 aliphatic rings. The van der Waals surface area contributed by atoms with Gasteiger partial charge in [-0.3, -0.25) is 0 Å². The van der Waals surface area contributed by atoms with Gasteiger partial charge in [-0.1, -0.05) is 0 Å². The highest BCUT2D eigenvalue weighted by molar-refractivity contribution is 7.90. The van der Waals surface area contributed by atoms with Crippen LogP contribution in [0.4, 0.5) is 0 Å². The second kappa shape index (κ2) is 3.14. The Labute approximate surface area is 77.2 Å². The summed E-state index contributed by atoms with van der Waals surface area (Å²) < 4.78 is 23.6. The van der Waals surface area contributed by atoms with E-state index in [-0.39, 0.29) is 6.54 Å². The molecule has 1 saturated heterocycles. The third-order valence-corrected chi connectivity index (χ3v) is 4.15. The van der Waals surface area contributed by atoms with E-state index in [0.29, 0.717) is 13.0 Å². The van der Waals surface area contributed by atoms with E-state index in [9.17, 15) is 13.5 Å². The van der Waals surface area contributed by atoms with Crippen LogP contribution >= 0.6 is 11.6 Å². The van der Waals surface area contributed by atoms with E-state index in [4.69, 9.17) is 11.6 Å². The van der Waals surface area contributed by atoms with Crippen molar-refractivity contribution in [1.82, 2.24) is 4.31 Å². The molecule has 0 aromatic carbocycles. The van der Waals surface area contributed by atoms with E-state index in [0.717, 1.165) is 0 Å². The number of rotatable bonds is 2. The molecule has 0 spiro atoms. The maximum absolute atomic E-state index is 11.2. The summed E-state index contributed by atoms with van der Waals surface area (Å²) in [5.74, 6) is 0. The number of sulfonamides is 1. The first kappa shape index (κ1) is 10.2. The Bertz CT molecular complexity index is 262. The summed E-state index contributed by atoms with van der Waals surface area (Å²) in [5.41, 5.74) is -0.890. The lowest BCUT2D eigenvalue weighted by Crippen LogP contribution is -2.34. The Hall–Kier alpha value is 0.160. The number of hydrogen-bond acceptors (Lipinski definition) is 3. The highest BCUT2D eigenvalue weighted by Gasteiger charge is 2.37. The standard InChI is InChI=1S/C6H12ClNO3S/c1-6(9)2-3-8(4-6)12(10,11)5-7/h9H,2-5H2,1H3. The van der Waals surface area contributed by atoms with Gasteiger partial charge in [-0.2, -0.15) is 4.31 Å². The normalized spacial score (nSPS) is 32.6. The Morgan fingerprint density at radius 2 is 2.25 bits per heavy atom. The van der Waals surface area contributed by atoms with Crippen molar-refractivity contribution in [2.24, 2.45) is 0 Å². The quantitative estimate of drug-likeness (QED) is 0.656. The zero-order chi connectivity index (χ0) is 9.41. The van der Waals surface area contributed by atoms with Crippen LogP contribution in [0.25, 0.3) is 0 Å². The predicted octanol–water partition coefficient (Wildman–Crippen LogP) is -0.0308. The molecule has 1 fully saturated rings. The van der Waals surface area contributed by atoms with Gasteiger partial charge in [-0.25, -0.2) is 8.42 Å². The van der Waals surface area contributed by atoms with Crippen LogP contribution in [0, 0.1) is 0 Å². The lowest BCUT2D eigenvalue weighted by atomic mass is 10.1. The van der Waals surface area contributed by atoms with E-state index in [1.54, 1.807) is 6.92 Å². The van der Waals surface area contributed by atoms with Gasteiger partial charge in [0.25, 0.3) is 0 Å². The van der Waals surface area contributed by atoms with Gasteiger partial charge in [0, 0.05) is 13.1 Å². The largest absolute Gasteiger partial charge is 0.389 e. The fourth-order valence-electron chi connectivity index (χ4n) is 1.21. The average Bonchev–Trinajstić information content (AvgIpc) is 2.31. The zero-order valence-corrected chi connectivity index (χ0v) is 8.40. The molecule has 0 bridgehead atoms. The summed E-state index contributed by atoms with van der Waals surface area (Å²) in [5, 5.41) is 9.06. The number of aliphatic hydroxyl groups is 1. The molecule has 1 N–H and O–H groups in total. The molecule has 0 saturated carbocycles. The van der Waals surface area contributed by atoms with Gasteiger partial charge in [0.15, 0.2) is 0 Å². The van der Waals surface area contributed by atoms with Gasteiger partial charge in [0.2, 0.25) is 10.0 Å². The summed E-state index contributed by atoms with van der Waals surface area (Å²) in [6.45, 7) is 2.14. The first-order valence-electron chi connectivity index (χ1n) is 3.64. The van der Waals surface area contributed by atoms with E-state index >= 15 is 0 Å². The summed E-state index contributed by atoms with van der Waals surface area (Å²) in [6.07, 6.45) is 0.475. The molecule has 0 aliphatic carbocycles. The Morgan fingerprint density at radius 3 is 2.58 bits per heavy atom. The van der Waals surface area contributed by atoms with Crippen molar-refractivity contribution in [3.8, 4) is 0 Å². The molecule has 1 heterocycles. The second-order valence-electron chi connectivity index (χ2n) is 3.30. The average molecular weight is 214 g/mol. The minimum atomic E-state index is -3.33. The van der Waals surface area contributed by atoms with Gasteiger partial charge in [-0.15, -0.1) is 11.6 Å². The number of nitrogens with zero attached hydrogens (tertiary/aromatic N) is 1. The van der Waals surface area contributed by atoms with Gasteiger partial charge in [0.1, 0.15) is 5.21 Å². The summed E-state index contributed by atoms with van der Waals surface area (Å²) in [6, 6.07) is 0. The van der Waals surface area contributed by atoms with Crippen LogP contribution in [0.5, 0.6) is 0 Å². The molecule has 12 heavy (non-hydrogen) atoms. The maximum atomic E-state index is 11.2. The highest BCUT2D eigenvalue weighted by Crippen LogP contribution is 2.23. The van der Waals surface area contributed by atoms with E-state index in [1.165, 1.54) is 4.31 Å². The number of alkyl halides is 1. The molecule has 6 heteroatoms. The molecule has 1 unspecified atom stereocenters. The fraction of sp³-hybridized carbons (Fsp3) is 1.00. The zero-order valence-electron chi connectivity index (χ0n) is 6.83. The molecule has 0 radical (unpaired) electrons. The van der Waals surface area contributed by atoms with Gasteiger partial charge in [0.05, 0.1) is 5.60 Å². The molecule has 0 amide bonds. The smallest absolute Gasteiger partial charge is 0.228 e. The number of hydrogen-bond donors (Lipinski definition) is 1. The highest BCUT2D eigenvalue weighted by atomic mass is 35.5. The fourth-order valence-corrected chi connectivity index (χ4v) is 2.61. The van der Waals surface area contributed by atoms with Crippen LogP contribution in [0.15, 0.2) is 0 Å². The molecular weight excluding hydrogens is 202 g/mol. The van der Waals surface area contributed by atoms with E-state index in [2.05, 4.69) is 0 Å². The van der Waals surface area contributed by atoms with Crippen LogP contribution in [-0.2, 0) is 10.0 Å². The summed E-state index contributed by atoms with van der Waals surface area (Å²) >= 11 is 5.26. The molecule has 1 atom stereocenters. The molecule has 4 nitrogen and oxygen atoms in total. The van der Waals surface area contributed by atoms with Crippen molar-refractivity contribution >= 4 is 21.6 Å². The molecular formula is C6H12ClNO3S. The Balaban J connectivity index is 2.71. The second-order valence-corrected chi connectivity index (χ2v) is 5.85. The van der Waals surface area contributed by atoms with Crippen LogP contribution in [0.3, 0.4) is 0 Å². The van der Waals surface area contributed by atoms with Gasteiger partial charge in [-0.05, 0) is 13.3 Å². The minimum Gasteiger partial charge on any atom is -0.389 e. The third-order valence-electron chi connectivity index (χ3n) is 1.95. The van der Waals surface area contributed by atoms with Crippen LogP contribution in [-0.4, -0.2) is 41.7 Å². The van der Waals surface area contributed by atoms with Crippen molar-refractivity contribution in [2.75, 3.05) is 18.3 Å². The van der Waals surface area contributed by atoms with E-state index in [1.807, 2.05) is 0 Å².